The van der Waals surface area contributed by atoms with Gasteiger partial charge < -0.3 is 4.42 Å². The van der Waals surface area contributed by atoms with Gasteiger partial charge in [-0.05, 0) is 34.0 Å². The average molecular weight is 708 g/mol. The van der Waals surface area contributed by atoms with Gasteiger partial charge in [-0.25, -0.2) is 15.0 Å². The largest absolute Gasteiger partial charge is 0.455 e. The molecule has 0 bridgehead atoms. The molecule has 0 saturated carbocycles. The van der Waals surface area contributed by atoms with Gasteiger partial charge in [0.25, 0.3) is 0 Å². The zero-order valence-electron chi connectivity index (χ0n) is 28.9. The molecule has 8 aromatic carbocycles. The van der Waals surface area contributed by atoms with Crippen LogP contribution in [-0.2, 0) is 0 Å². The molecule has 0 saturated heterocycles. The van der Waals surface area contributed by atoms with Crippen LogP contribution < -0.4 is 0 Å². The first kappa shape index (κ1) is 30.7. The SMILES string of the molecule is c1ccc(-c2nc(-c3ccc4c(c3)sc3c(-c5cccc6ccccc56)cccc34)nc(-c3cccc4c3oc3c(-c5ccccc5)cccc34)n2)cc1. The molecule has 0 amide bonds. The molecule has 3 heterocycles. The van der Waals surface area contributed by atoms with Crippen molar-refractivity contribution in [2.24, 2.45) is 0 Å². The molecule has 0 aliphatic heterocycles. The molecule has 0 aliphatic carbocycles. The van der Waals surface area contributed by atoms with E-state index in [0.717, 1.165) is 49.8 Å². The lowest BCUT2D eigenvalue weighted by Crippen LogP contribution is -2.00. The molecule has 5 heteroatoms. The predicted molar refractivity (Wildman–Crippen MR) is 225 cm³/mol. The summed E-state index contributed by atoms with van der Waals surface area (Å²) >= 11 is 1.82. The van der Waals surface area contributed by atoms with Crippen molar-refractivity contribution in [2.75, 3.05) is 0 Å². The van der Waals surface area contributed by atoms with Crippen molar-refractivity contribution in [1.29, 1.82) is 0 Å². The van der Waals surface area contributed by atoms with E-state index in [4.69, 9.17) is 19.4 Å². The van der Waals surface area contributed by atoms with Gasteiger partial charge >= 0.3 is 0 Å². The summed E-state index contributed by atoms with van der Waals surface area (Å²) in [6, 6.07) is 61.5. The molecule has 252 valence electrons. The summed E-state index contributed by atoms with van der Waals surface area (Å²) in [6.07, 6.45) is 0. The Bertz CT molecular complexity index is 3210. The van der Waals surface area contributed by atoms with Crippen molar-refractivity contribution in [2.45, 2.75) is 0 Å². The Labute approximate surface area is 314 Å². The van der Waals surface area contributed by atoms with Crippen LogP contribution in [0.1, 0.15) is 0 Å². The van der Waals surface area contributed by atoms with Crippen molar-refractivity contribution in [3.8, 4) is 56.4 Å². The van der Waals surface area contributed by atoms with E-state index >= 15 is 0 Å². The standard InChI is InChI=1S/C49H29N3OS/c1-3-13-31(14-4-1)35-20-10-22-38-39-23-11-26-42(45(39)53-44(35)38)49-51-47(32-16-5-2-6-17-32)50-48(52-49)33-27-28-37-41-25-12-24-40(46(41)54-43(37)29-33)36-21-9-18-30-15-7-8-19-34(30)36/h1-29H. The summed E-state index contributed by atoms with van der Waals surface area (Å²) in [7, 11) is 0. The maximum Gasteiger partial charge on any atom is 0.167 e. The fraction of sp³-hybridized carbons (Fsp3) is 0. The lowest BCUT2D eigenvalue weighted by molar-refractivity contribution is 0.670. The van der Waals surface area contributed by atoms with Crippen LogP contribution in [0.5, 0.6) is 0 Å². The highest BCUT2D eigenvalue weighted by Gasteiger charge is 2.20. The molecule has 54 heavy (non-hydrogen) atoms. The minimum Gasteiger partial charge on any atom is -0.455 e. The van der Waals surface area contributed by atoms with Crippen LogP contribution in [0, 0.1) is 0 Å². The van der Waals surface area contributed by atoms with Gasteiger partial charge in [0.15, 0.2) is 17.5 Å². The number of fused-ring (bicyclic) bond motifs is 7. The second kappa shape index (κ2) is 12.3. The number of hydrogen-bond donors (Lipinski definition) is 0. The summed E-state index contributed by atoms with van der Waals surface area (Å²) in [5, 5.41) is 7.05. The number of furan rings is 1. The normalized spacial score (nSPS) is 11.7. The first-order valence-electron chi connectivity index (χ1n) is 18.0. The minimum absolute atomic E-state index is 0.569. The van der Waals surface area contributed by atoms with Gasteiger partial charge in [0.1, 0.15) is 11.2 Å². The maximum absolute atomic E-state index is 6.78. The first-order chi connectivity index (χ1) is 26.8. The summed E-state index contributed by atoms with van der Waals surface area (Å²) in [6.45, 7) is 0. The molecule has 0 unspecified atom stereocenters. The molecule has 11 aromatic rings. The first-order valence-corrected chi connectivity index (χ1v) is 18.8. The second-order valence-electron chi connectivity index (χ2n) is 13.5. The quantitative estimate of drug-likeness (QED) is 0.179. The van der Waals surface area contributed by atoms with E-state index in [1.165, 1.54) is 42.1 Å². The summed E-state index contributed by atoms with van der Waals surface area (Å²) in [5.74, 6) is 1.80. The van der Waals surface area contributed by atoms with Crippen LogP contribution in [0.25, 0.3) is 109 Å². The molecule has 11 rings (SSSR count). The fourth-order valence-electron chi connectivity index (χ4n) is 7.79. The Kier molecular flexibility index (Phi) is 7.00. The molecule has 0 aliphatic rings. The lowest BCUT2D eigenvalue weighted by Gasteiger charge is -2.09. The topological polar surface area (TPSA) is 51.8 Å². The highest BCUT2D eigenvalue weighted by atomic mass is 32.1. The van der Waals surface area contributed by atoms with Gasteiger partial charge in [-0.2, -0.15) is 0 Å². The van der Waals surface area contributed by atoms with E-state index in [0.29, 0.717) is 17.5 Å². The van der Waals surface area contributed by atoms with Gasteiger partial charge in [-0.3, -0.25) is 0 Å². The maximum atomic E-state index is 6.78. The molecular weight excluding hydrogens is 679 g/mol. The summed E-state index contributed by atoms with van der Waals surface area (Å²) in [5.41, 5.74) is 8.94. The summed E-state index contributed by atoms with van der Waals surface area (Å²) in [4.78, 5) is 15.4. The molecule has 3 aromatic heterocycles. The van der Waals surface area contributed by atoms with Gasteiger partial charge in [-0.1, -0.05) is 164 Å². The van der Waals surface area contributed by atoms with Crippen molar-refractivity contribution < 1.29 is 4.42 Å². The van der Waals surface area contributed by atoms with Gasteiger partial charge in [0.05, 0.1) is 5.56 Å². The third-order valence-electron chi connectivity index (χ3n) is 10.4. The monoisotopic (exact) mass is 707 g/mol. The van der Waals surface area contributed by atoms with Crippen molar-refractivity contribution in [3.05, 3.63) is 176 Å². The van der Waals surface area contributed by atoms with E-state index in [9.17, 15) is 0 Å². The highest BCUT2D eigenvalue weighted by molar-refractivity contribution is 7.26. The van der Waals surface area contributed by atoms with E-state index in [-0.39, 0.29) is 0 Å². The van der Waals surface area contributed by atoms with Crippen molar-refractivity contribution in [1.82, 2.24) is 15.0 Å². The van der Waals surface area contributed by atoms with E-state index in [1.807, 2.05) is 53.8 Å². The lowest BCUT2D eigenvalue weighted by atomic mass is 9.97. The third kappa shape index (κ3) is 4.94. The Balaban J connectivity index is 1.10. The van der Waals surface area contributed by atoms with Gasteiger partial charge in [0, 0.05) is 53.2 Å². The number of rotatable bonds is 5. The van der Waals surface area contributed by atoms with Crippen LogP contribution in [0.3, 0.4) is 0 Å². The van der Waals surface area contributed by atoms with Gasteiger partial charge in [0.2, 0.25) is 0 Å². The number of thiophene rings is 1. The Morgan fingerprint density at radius 2 is 0.907 bits per heavy atom. The molecular formula is C49H29N3OS. The second-order valence-corrected chi connectivity index (χ2v) is 14.6. The predicted octanol–water partition coefficient (Wildman–Crippen LogP) is 13.6. The van der Waals surface area contributed by atoms with E-state index in [2.05, 4.69) is 133 Å². The molecule has 0 N–H and O–H groups in total. The average Bonchev–Trinajstić information content (AvgIpc) is 3.82. The van der Waals surface area contributed by atoms with Crippen molar-refractivity contribution in [3.63, 3.8) is 0 Å². The summed E-state index contributed by atoms with van der Waals surface area (Å²) < 4.78 is 9.24. The van der Waals surface area contributed by atoms with Crippen LogP contribution in [0.2, 0.25) is 0 Å². The Morgan fingerprint density at radius 1 is 0.352 bits per heavy atom. The number of nitrogens with zero attached hydrogens (tertiary/aromatic N) is 3. The Morgan fingerprint density at radius 3 is 1.70 bits per heavy atom. The minimum atomic E-state index is 0.569. The van der Waals surface area contributed by atoms with Crippen LogP contribution in [0.4, 0.5) is 0 Å². The van der Waals surface area contributed by atoms with Gasteiger partial charge in [-0.15, -0.1) is 11.3 Å². The Hall–Kier alpha value is -6.95. The molecule has 0 spiro atoms. The molecule has 0 atom stereocenters. The third-order valence-corrected chi connectivity index (χ3v) is 11.6. The van der Waals surface area contributed by atoms with Crippen molar-refractivity contribution >= 4 is 64.2 Å². The van der Waals surface area contributed by atoms with E-state index in [1.54, 1.807) is 0 Å². The van der Waals surface area contributed by atoms with Crippen LogP contribution >= 0.6 is 11.3 Å². The highest BCUT2D eigenvalue weighted by Crippen LogP contribution is 2.43. The van der Waals surface area contributed by atoms with E-state index < -0.39 is 0 Å². The molecule has 0 radical (unpaired) electrons. The molecule has 4 nitrogen and oxygen atoms in total. The number of benzene rings is 8. The zero-order valence-corrected chi connectivity index (χ0v) is 29.7. The smallest absolute Gasteiger partial charge is 0.167 e. The number of aromatic nitrogens is 3. The molecule has 0 fully saturated rings. The fourth-order valence-corrected chi connectivity index (χ4v) is 9.06. The van der Waals surface area contributed by atoms with Crippen LogP contribution in [0.15, 0.2) is 180 Å². The number of hydrogen-bond acceptors (Lipinski definition) is 5. The van der Waals surface area contributed by atoms with Crippen LogP contribution in [-0.4, -0.2) is 15.0 Å². The zero-order chi connectivity index (χ0) is 35.6. The number of para-hydroxylation sites is 2.